The minimum atomic E-state index is -0.883. The van der Waals surface area contributed by atoms with Gasteiger partial charge in [0.1, 0.15) is 5.82 Å². The first kappa shape index (κ1) is 15.7. The van der Waals surface area contributed by atoms with Gasteiger partial charge in [-0.05, 0) is 55.7 Å². The number of nitrogens with one attached hydrogen (secondary N) is 1. The van der Waals surface area contributed by atoms with Crippen molar-refractivity contribution in [2.24, 2.45) is 0 Å². The highest BCUT2D eigenvalue weighted by atomic mass is 19.2. The van der Waals surface area contributed by atoms with Gasteiger partial charge in [-0.1, -0.05) is 6.07 Å². The van der Waals surface area contributed by atoms with Crippen LogP contribution in [0.5, 0.6) is 0 Å². The molecule has 0 spiro atoms. The van der Waals surface area contributed by atoms with Gasteiger partial charge in [0, 0.05) is 24.8 Å². The number of hydrogen-bond donors (Lipinski definition) is 1. The SMILES string of the molecule is CC(Nc1ccc(N2CCCC2)c(F)c1)c1ccc(F)c(F)c1. The van der Waals surface area contributed by atoms with Gasteiger partial charge in [0.05, 0.1) is 5.69 Å². The Morgan fingerprint density at radius 2 is 1.65 bits per heavy atom. The third kappa shape index (κ3) is 3.44. The summed E-state index contributed by atoms with van der Waals surface area (Å²) >= 11 is 0. The van der Waals surface area contributed by atoms with Crippen LogP contribution in [0, 0.1) is 17.5 Å². The molecule has 0 amide bonds. The lowest BCUT2D eigenvalue weighted by Gasteiger charge is -2.20. The summed E-state index contributed by atoms with van der Waals surface area (Å²) in [6.07, 6.45) is 2.18. The molecule has 1 heterocycles. The van der Waals surface area contributed by atoms with Gasteiger partial charge in [-0.15, -0.1) is 0 Å². The Bertz CT molecular complexity index is 697. The second kappa shape index (κ2) is 6.52. The van der Waals surface area contributed by atoms with Crippen LogP contribution in [-0.2, 0) is 0 Å². The Morgan fingerprint density at radius 3 is 2.30 bits per heavy atom. The Morgan fingerprint density at radius 1 is 0.913 bits per heavy atom. The van der Waals surface area contributed by atoms with Crippen LogP contribution in [0.3, 0.4) is 0 Å². The van der Waals surface area contributed by atoms with Crippen LogP contribution in [0.1, 0.15) is 31.4 Å². The molecule has 1 aliphatic rings. The van der Waals surface area contributed by atoms with Gasteiger partial charge in [-0.2, -0.15) is 0 Å². The summed E-state index contributed by atoms with van der Waals surface area (Å²) in [5.41, 5.74) is 1.84. The Kier molecular flexibility index (Phi) is 4.46. The van der Waals surface area contributed by atoms with Crippen molar-refractivity contribution in [3.05, 3.63) is 59.4 Å². The van der Waals surface area contributed by atoms with E-state index in [1.165, 1.54) is 12.1 Å². The Labute approximate surface area is 133 Å². The average Bonchev–Trinajstić information content (AvgIpc) is 3.04. The predicted molar refractivity (Wildman–Crippen MR) is 86.2 cm³/mol. The van der Waals surface area contributed by atoms with Crippen LogP contribution in [-0.4, -0.2) is 13.1 Å². The molecule has 1 saturated heterocycles. The summed E-state index contributed by atoms with van der Waals surface area (Å²) < 4.78 is 40.6. The van der Waals surface area contributed by atoms with Crippen molar-refractivity contribution in [3.63, 3.8) is 0 Å². The predicted octanol–water partition coefficient (Wildman–Crippen LogP) is 4.88. The Balaban J connectivity index is 1.74. The molecule has 5 heteroatoms. The zero-order valence-corrected chi connectivity index (χ0v) is 13.0. The average molecular weight is 320 g/mol. The molecule has 0 radical (unpaired) electrons. The summed E-state index contributed by atoms with van der Waals surface area (Å²) in [6, 6.07) is 8.53. The molecule has 2 aromatic rings. The maximum Gasteiger partial charge on any atom is 0.159 e. The van der Waals surface area contributed by atoms with Gasteiger partial charge in [-0.25, -0.2) is 13.2 Å². The minimum absolute atomic E-state index is 0.262. The molecule has 0 bridgehead atoms. The van der Waals surface area contributed by atoms with Crippen molar-refractivity contribution in [2.45, 2.75) is 25.8 Å². The van der Waals surface area contributed by atoms with E-state index in [-0.39, 0.29) is 11.9 Å². The van der Waals surface area contributed by atoms with Gasteiger partial charge in [0.25, 0.3) is 0 Å². The van der Waals surface area contributed by atoms with Gasteiger partial charge in [0.15, 0.2) is 11.6 Å². The van der Waals surface area contributed by atoms with E-state index in [9.17, 15) is 13.2 Å². The van der Waals surface area contributed by atoms with Crippen LogP contribution < -0.4 is 10.2 Å². The summed E-state index contributed by atoms with van der Waals surface area (Å²) in [5.74, 6) is -2.02. The fourth-order valence-electron chi connectivity index (χ4n) is 2.93. The summed E-state index contributed by atoms with van der Waals surface area (Å²) in [7, 11) is 0. The van der Waals surface area contributed by atoms with Gasteiger partial charge >= 0.3 is 0 Å². The standard InChI is InChI=1S/C18H19F3N2/c1-12(13-4-6-15(19)16(20)10-13)22-14-5-7-18(17(21)11-14)23-8-2-3-9-23/h4-7,10-12,22H,2-3,8-9H2,1H3. The largest absolute Gasteiger partial charge is 0.378 e. The van der Waals surface area contributed by atoms with Crippen molar-refractivity contribution in [1.29, 1.82) is 0 Å². The number of hydrogen-bond acceptors (Lipinski definition) is 2. The molecule has 0 aliphatic carbocycles. The Hall–Kier alpha value is -2.17. The molecule has 3 rings (SSSR count). The maximum absolute atomic E-state index is 14.3. The molecule has 1 unspecified atom stereocenters. The molecule has 0 saturated carbocycles. The fraction of sp³-hybridized carbons (Fsp3) is 0.333. The van der Waals surface area contributed by atoms with E-state index in [4.69, 9.17) is 0 Å². The summed E-state index contributed by atoms with van der Waals surface area (Å²) in [6.45, 7) is 3.59. The zero-order chi connectivity index (χ0) is 16.4. The molecule has 2 nitrogen and oxygen atoms in total. The number of nitrogens with zero attached hydrogens (tertiary/aromatic N) is 1. The van der Waals surface area contributed by atoms with Crippen molar-refractivity contribution >= 4 is 11.4 Å². The molecule has 2 aromatic carbocycles. The van der Waals surface area contributed by atoms with Crippen LogP contribution in [0.2, 0.25) is 0 Å². The molecule has 23 heavy (non-hydrogen) atoms. The minimum Gasteiger partial charge on any atom is -0.378 e. The lowest BCUT2D eigenvalue weighted by Crippen LogP contribution is -2.19. The number of halogens is 3. The number of benzene rings is 2. The summed E-state index contributed by atoms with van der Waals surface area (Å²) in [4.78, 5) is 2.04. The molecule has 1 aliphatic heterocycles. The first-order chi connectivity index (χ1) is 11.0. The lowest BCUT2D eigenvalue weighted by atomic mass is 10.1. The maximum atomic E-state index is 14.3. The van der Waals surface area contributed by atoms with E-state index in [2.05, 4.69) is 5.32 Å². The zero-order valence-electron chi connectivity index (χ0n) is 13.0. The molecule has 0 aromatic heterocycles. The molecular weight excluding hydrogens is 301 g/mol. The van der Waals surface area contributed by atoms with Crippen molar-refractivity contribution < 1.29 is 13.2 Å². The normalized spacial score (nSPS) is 15.7. The fourth-order valence-corrected chi connectivity index (χ4v) is 2.93. The molecular formula is C18H19F3N2. The third-order valence-electron chi connectivity index (χ3n) is 4.22. The van der Waals surface area contributed by atoms with E-state index in [0.29, 0.717) is 16.9 Å². The first-order valence-electron chi connectivity index (χ1n) is 7.80. The first-order valence-corrected chi connectivity index (χ1v) is 7.80. The van der Waals surface area contributed by atoms with Crippen molar-refractivity contribution in [3.8, 4) is 0 Å². The second-order valence-corrected chi connectivity index (χ2v) is 5.90. The van der Waals surface area contributed by atoms with E-state index in [1.807, 2.05) is 17.9 Å². The van der Waals surface area contributed by atoms with Crippen LogP contribution in [0.4, 0.5) is 24.5 Å². The molecule has 1 N–H and O–H groups in total. The van der Waals surface area contributed by atoms with E-state index in [1.54, 1.807) is 6.07 Å². The van der Waals surface area contributed by atoms with Gasteiger partial charge < -0.3 is 10.2 Å². The monoisotopic (exact) mass is 320 g/mol. The van der Waals surface area contributed by atoms with Gasteiger partial charge in [-0.3, -0.25) is 0 Å². The second-order valence-electron chi connectivity index (χ2n) is 5.90. The topological polar surface area (TPSA) is 15.3 Å². The third-order valence-corrected chi connectivity index (χ3v) is 4.22. The quantitative estimate of drug-likeness (QED) is 0.864. The van der Waals surface area contributed by atoms with E-state index >= 15 is 0 Å². The van der Waals surface area contributed by atoms with Crippen molar-refractivity contribution in [1.82, 2.24) is 0 Å². The molecule has 1 fully saturated rings. The van der Waals surface area contributed by atoms with E-state index < -0.39 is 11.6 Å². The smallest absolute Gasteiger partial charge is 0.159 e. The van der Waals surface area contributed by atoms with Crippen LogP contribution >= 0.6 is 0 Å². The highest BCUT2D eigenvalue weighted by Crippen LogP contribution is 2.28. The van der Waals surface area contributed by atoms with E-state index in [0.717, 1.165) is 38.1 Å². The van der Waals surface area contributed by atoms with Crippen LogP contribution in [0.15, 0.2) is 36.4 Å². The highest BCUT2D eigenvalue weighted by Gasteiger charge is 2.17. The van der Waals surface area contributed by atoms with Crippen LogP contribution in [0.25, 0.3) is 0 Å². The van der Waals surface area contributed by atoms with Gasteiger partial charge in [0.2, 0.25) is 0 Å². The van der Waals surface area contributed by atoms with Crippen molar-refractivity contribution in [2.75, 3.05) is 23.3 Å². The number of rotatable bonds is 4. The summed E-state index contributed by atoms with van der Waals surface area (Å²) in [5, 5.41) is 3.12. The molecule has 1 atom stereocenters. The number of anilines is 2. The molecule has 122 valence electrons. The lowest BCUT2D eigenvalue weighted by molar-refractivity contribution is 0.506. The highest BCUT2D eigenvalue weighted by molar-refractivity contribution is 5.57.